The maximum absolute atomic E-state index is 10.8. The van der Waals surface area contributed by atoms with Crippen LogP contribution < -0.4 is 0 Å². The van der Waals surface area contributed by atoms with Gasteiger partial charge in [-0.1, -0.05) is 6.07 Å². The van der Waals surface area contributed by atoms with E-state index in [-0.39, 0.29) is 5.56 Å². The summed E-state index contributed by atoms with van der Waals surface area (Å²) in [4.78, 5) is 28.0. The fraction of sp³-hybridized carbons (Fsp3) is 0.0769. The van der Waals surface area contributed by atoms with Crippen molar-refractivity contribution in [3.05, 3.63) is 61.8 Å². The molecule has 0 bridgehead atoms. The van der Waals surface area contributed by atoms with Crippen LogP contribution in [0.4, 0.5) is 17.2 Å². The van der Waals surface area contributed by atoms with E-state index >= 15 is 0 Å². The van der Waals surface area contributed by atoms with Crippen molar-refractivity contribution in [1.82, 2.24) is 4.98 Å². The highest BCUT2D eigenvalue weighted by Gasteiger charge is 2.23. The van der Waals surface area contributed by atoms with Crippen LogP contribution in [0.1, 0.15) is 11.1 Å². The van der Waals surface area contributed by atoms with Crippen LogP contribution in [0.3, 0.4) is 0 Å². The van der Waals surface area contributed by atoms with Crippen LogP contribution in [0.2, 0.25) is 0 Å². The predicted molar refractivity (Wildman–Crippen MR) is 77.6 cm³/mol. The number of hydrogen-bond donors (Lipinski definition) is 1. The van der Waals surface area contributed by atoms with Gasteiger partial charge in [0.25, 0.3) is 5.69 Å². The van der Waals surface area contributed by atoms with Crippen LogP contribution >= 0.6 is 0 Å². The van der Waals surface area contributed by atoms with E-state index in [2.05, 4.69) is 9.98 Å². The lowest BCUT2D eigenvalue weighted by molar-refractivity contribution is -0.394. The first-order valence-electron chi connectivity index (χ1n) is 6.01. The highest BCUT2D eigenvalue weighted by Crippen LogP contribution is 2.33. The van der Waals surface area contributed by atoms with Gasteiger partial charge in [-0.3, -0.25) is 20.2 Å². The summed E-state index contributed by atoms with van der Waals surface area (Å²) < 4.78 is 0. The number of hydrogen-bond acceptors (Lipinski definition) is 7. The molecular weight excluding hydrogens is 292 g/mol. The maximum Gasteiger partial charge on any atom is 0.318 e. The summed E-state index contributed by atoms with van der Waals surface area (Å²) in [5, 5.41) is 31.5. The van der Waals surface area contributed by atoms with Gasteiger partial charge in [0.05, 0.1) is 15.9 Å². The molecule has 0 atom stereocenters. The third-order valence-corrected chi connectivity index (χ3v) is 2.82. The van der Waals surface area contributed by atoms with Crippen molar-refractivity contribution in [2.24, 2.45) is 4.99 Å². The van der Waals surface area contributed by atoms with Crippen molar-refractivity contribution >= 4 is 23.4 Å². The van der Waals surface area contributed by atoms with Gasteiger partial charge in [0, 0.05) is 24.0 Å². The summed E-state index contributed by atoms with van der Waals surface area (Å²) in [7, 11) is 0. The van der Waals surface area contributed by atoms with Crippen LogP contribution in [0, 0.1) is 27.2 Å². The zero-order chi connectivity index (χ0) is 16.3. The van der Waals surface area contributed by atoms with E-state index in [1.165, 1.54) is 6.20 Å². The van der Waals surface area contributed by atoms with Crippen LogP contribution in [0.25, 0.3) is 0 Å². The molecule has 0 saturated carbocycles. The summed E-state index contributed by atoms with van der Waals surface area (Å²) >= 11 is 0. The molecule has 112 valence electrons. The highest BCUT2D eigenvalue weighted by atomic mass is 16.6. The third kappa shape index (κ3) is 3.03. The number of nitro benzene ring substituents is 2. The number of benzene rings is 1. The zero-order valence-corrected chi connectivity index (χ0v) is 11.3. The van der Waals surface area contributed by atoms with Crippen LogP contribution in [-0.4, -0.2) is 26.2 Å². The van der Waals surface area contributed by atoms with Gasteiger partial charge in [-0.05, 0) is 18.6 Å². The van der Waals surface area contributed by atoms with Crippen molar-refractivity contribution in [3.63, 3.8) is 0 Å². The van der Waals surface area contributed by atoms with E-state index in [0.29, 0.717) is 11.9 Å². The average molecular weight is 302 g/mol. The topological polar surface area (TPSA) is 132 Å². The van der Waals surface area contributed by atoms with E-state index in [1.807, 2.05) is 0 Å². The quantitative estimate of drug-likeness (QED) is 0.524. The molecule has 0 fully saturated rings. The second-order valence-electron chi connectivity index (χ2n) is 4.32. The lowest BCUT2D eigenvalue weighted by Gasteiger charge is -2.01. The summed E-state index contributed by atoms with van der Waals surface area (Å²) in [5.74, 6) is -0.344. The van der Waals surface area contributed by atoms with Gasteiger partial charge in [-0.25, -0.2) is 9.98 Å². The number of aliphatic imine (C=N–C) groups is 1. The van der Waals surface area contributed by atoms with E-state index in [9.17, 15) is 25.3 Å². The van der Waals surface area contributed by atoms with Gasteiger partial charge in [0.2, 0.25) is 5.75 Å². The molecule has 1 N–H and O–H groups in total. The van der Waals surface area contributed by atoms with E-state index in [1.54, 1.807) is 19.1 Å². The normalized spacial score (nSPS) is 10.8. The number of nitro groups is 2. The summed E-state index contributed by atoms with van der Waals surface area (Å²) in [5.41, 5.74) is -0.652. The SMILES string of the molecule is Cc1cccnc1/N=C/c1cc([N+](=O)[O-])cc([N+](=O)[O-])c1O. The first kappa shape index (κ1) is 15.0. The fourth-order valence-corrected chi connectivity index (χ4v) is 1.71. The molecule has 1 heterocycles. The van der Waals surface area contributed by atoms with Crippen molar-refractivity contribution < 1.29 is 15.0 Å². The molecule has 1 aromatic heterocycles. The standard InChI is InChI=1S/C13H10N4O5/c1-8-3-2-4-14-13(8)15-7-9-5-10(16(19)20)6-11(12(9)18)17(21)22/h2-7,18H,1H3/b15-7+. The molecule has 0 aliphatic carbocycles. The van der Waals surface area contributed by atoms with Crippen LogP contribution in [-0.2, 0) is 0 Å². The van der Waals surface area contributed by atoms with Crippen LogP contribution in [0.5, 0.6) is 5.75 Å². The number of pyridine rings is 1. The summed E-state index contributed by atoms with van der Waals surface area (Å²) in [6.07, 6.45) is 2.61. The van der Waals surface area contributed by atoms with Gasteiger partial charge < -0.3 is 5.11 Å². The minimum absolute atomic E-state index is 0.133. The molecule has 0 aliphatic rings. The second-order valence-corrected chi connectivity index (χ2v) is 4.32. The Labute approximate surface area is 123 Å². The monoisotopic (exact) mass is 302 g/mol. The Bertz CT molecular complexity index is 788. The molecule has 1 aromatic carbocycles. The molecular formula is C13H10N4O5. The lowest BCUT2D eigenvalue weighted by atomic mass is 10.1. The summed E-state index contributed by atoms with van der Waals surface area (Å²) in [6.45, 7) is 1.76. The Morgan fingerprint density at radius 2 is 2.00 bits per heavy atom. The molecule has 2 aromatic rings. The van der Waals surface area contributed by atoms with E-state index < -0.39 is 27.0 Å². The molecule has 22 heavy (non-hydrogen) atoms. The average Bonchev–Trinajstić information content (AvgIpc) is 2.47. The van der Waals surface area contributed by atoms with Crippen molar-refractivity contribution in [2.75, 3.05) is 0 Å². The smallest absolute Gasteiger partial charge is 0.318 e. The first-order chi connectivity index (χ1) is 10.4. The Hall–Kier alpha value is -3.36. The van der Waals surface area contributed by atoms with Gasteiger partial charge >= 0.3 is 5.69 Å². The number of rotatable bonds is 4. The predicted octanol–water partition coefficient (Wildman–Crippen LogP) is 2.66. The lowest BCUT2D eigenvalue weighted by Crippen LogP contribution is -1.96. The van der Waals surface area contributed by atoms with Crippen molar-refractivity contribution in [2.45, 2.75) is 6.92 Å². The number of phenols is 1. The third-order valence-electron chi connectivity index (χ3n) is 2.82. The van der Waals surface area contributed by atoms with Gasteiger partial charge in [-0.15, -0.1) is 0 Å². The minimum atomic E-state index is -0.897. The number of aromatic nitrogens is 1. The zero-order valence-electron chi connectivity index (χ0n) is 11.3. The van der Waals surface area contributed by atoms with E-state index in [0.717, 1.165) is 17.8 Å². The Morgan fingerprint density at radius 1 is 1.27 bits per heavy atom. The molecule has 2 rings (SSSR count). The molecule has 0 spiro atoms. The number of nitrogens with zero attached hydrogens (tertiary/aromatic N) is 4. The molecule has 0 radical (unpaired) electrons. The maximum atomic E-state index is 10.8. The molecule has 0 unspecified atom stereocenters. The van der Waals surface area contributed by atoms with Crippen molar-refractivity contribution in [1.29, 1.82) is 0 Å². The highest BCUT2D eigenvalue weighted by molar-refractivity contribution is 5.88. The second kappa shape index (κ2) is 5.95. The molecule has 0 aliphatic heterocycles. The fourth-order valence-electron chi connectivity index (χ4n) is 1.71. The van der Waals surface area contributed by atoms with Crippen LogP contribution in [0.15, 0.2) is 35.5 Å². The Kier molecular flexibility index (Phi) is 4.07. The number of phenolic OH excluding ortho intramolecular Hbond substituents is 1. The van der Waals surface area contributed by atoms with E-state index in [4.69, 9.17) is 0 Å². The van der Waals surface area contributed by atoms with Gasteiger partial charge in [0.1, 0.15) is 0 Å². The number of aromatic hydroxyl groups is 1. The van der Waals surface area contributed by atoms with Gasteiger partial charge in [-0.2, -0.15) is 0 Å². The molecule has 0 saturated heterocycles. The minimum Gasteiger partial charge on any atom is -0.502 e. The summed E-state index contributed by atoms with van der Waals surface area (Å²) in [6, 6.07) is 5.17. The Morgan fingerprint density at radius 3 is 2.59 bits per heavy atom. The molecule has 9 nitrogen and oxygen atoms in total. The molecule has 9 heteroatoms. The molecule has 0 amide bonds. The first-order valence-corrected chi connectivity index (χ1v) is 6.01. The number of non-ortho nitro benzene ring substituents is 1. The Balaban J connectivity index is 2.53. The van der Waals surface area contributed by atoms with Crippen molar-refractivity contribution in [3.8, 4) is 5.75 Å². The number of aryl methyl sites for hydroxylation is 1. The largest absolute Gasteiger partial charge is 0.502 e. The van der Waals surface area contributed by atoms with Gasteiger partial charge in [0.15, 0.2) is 5.82 Å².